The van der Waals surface area contributed by atoms with E-state index in [4.69, 9.17) is 0 Å². The molecule has 0 unspecified atom stereocenters. The Kier molecular flexibility index (Phi) is 5.03. The van der Waals surface area contributed by atoms with Crippen molar-refractivity contribution in [3.05, 3.63) is 82.7 Å². The molecule has 1 aromatic heterocycles. The van der Waals surface area contributed by atoms with Crippen LogP contribution in [0, 0.1) is 27.7 Å². The number of hydrogen-bond acceptors (Lipinski definition) is 3. The summed E-state index contributed by atoms with van der Waals surface area (Å²) in [5, 5.41) is 6.32. The summed E-state index contributed by atoms with van der Waals surface area (Å²) in [4.78, 5) is 16.8. The third kappa shape index (κ3) is 4.09. The molecule has 0 aliphatic carbocycles. The highest BCUT2D eigenvalue weighted by atomic mass is 16.1. The van der Waals surface area contributed by atoms with E-state index in [0.29, 0.717) is 5.56 Å². The number of hydrogen-bond donors (Lipinski definition) is 2. The van der Waals surface area contributed by atoms with E-state index in [1.54, 1.807) is 12.4 Å². The van der Waals surface area contributed by atoms with Gasteiger partial charge in [-0.15, -0.1) is 0 Å². The van der Waals surface area contributed by atoms with Gasteiger partial charge in [0.1, 0.15) is 0 Å². The van der Waals surface area contributed by atoms with Gasteiger partial charge in [0, 0.05) is 17.6 Å². The quantitative estimate of drug-likeness (QED) is 0.673. The van der Waals surface area contributed by atoms with Gasteiger partial charge in [-0.1, -0.05) is 24.3 Å². The van der Waals surface area contributed by atoms with Crippen molar-refractivity contribution in [3.63, 3.8) is 0 Å². The van der Waals surface area contributed by atoms with E-state index in [2.05, 4.69) is 40.7 Å². The summed E-state index contributed by atoms with van der Waals surface area (Å²) in [7, 11) is 0. The number of carbonyl (C=O) groups excluding carboxylic acids is 1. The van der Waals surface area contributed by atoms with Crippen molar-refractivity contribution in [2.24, 2.45) is 0 Å². The normalized spacial score (nSPS) is 10.5. The van der Waals surface area contributed by atoms with Gasteiger partial charge in [-0.2, -0.15) is 0 Å². The fourth-order valence-electron chi connectivity index (χ4n) is 2.72. The molecule has 3 aromatic rings. The predicted octanol–water partition coefficient (Wildman–Crippen LogP) is 5.31. The zero-order valence-electron chi connectivity index (χ0n) is 15.6. The summed E-state index contributed by atoms with van der Waals surface area (Å²) in [6, 6.07) is 14.0. The highest BCUT2D eigenvalue weighted by Crippen LogP contribution is 2.23. The topological polar surface area (TPSA) is 54.0 Å². The van der Waals surface area contributed by atoms with Crippen molar-refractivity contribution in [2.45, 2.75) is 27.7 Å². The van der Waals surface area contributed by atoms with Crippen LogP contribution in [0.5, 0.6) is 0 Å². The molecule has 0 saturated heterocycles. The maximum atomic E-state index is 12.6. The minimum Gasteiger partial charge on any atom is -0.354 e. The van der Waals surface area contributed by atoms with Crippen LogP contribution in [0.3, 0.4) is 0 Å². The smallest absolute Gasteiger partial charge is 0.257 e. The van der Waals surface area contributed by atoms with Gasteiger partial charge in [0.25, 0.3) is 5.91 Å². The van der Waals surface area contributed by atoms with Crippen LogP contribution in [0.25, 0.3) is 0 Å². The molecule has 26 heavy (non-hydrogen) atoms. The van der Waals surface area contributed by atoms with E-state index in [1.165, 1.54) is 5.56 Å². The standard InChI is InChI=1S/C22H23N3O/c1-14-5-7-16(3)20(9-14)24-19-11-18(12-23-13-19)22(26)25-21-10-15(2)6-8-17(21)4/h5-13,24H,1-4H3,(H,25,26). The Morgan fingerprint density at radius 3 is 2.12 bits per heavy atom. The Bertz CT molecular complexity index is 963. The van der Waals surface area contributed by atoms with E-state index < -0.39 is 0 Å². The minimum atomic E-state index is -0.171. The Labute approximate surface area is 154 Å². The fourth-order valence-corrected chi connectivity index (χ4v) is 2.72. The van der Waals surface area contributed by atoms with Gasteiger partial charge in [-0.3, -0.25) is 9.78 Å². The Balaban J connectivity index is 1.81. The second-order valence-electron chi connectivity index (χ2n) is 6.68. The summed E-state index contributed by atoms with van der Waals surface area (Å²) < 4.78 is 0. The Morgan fingerprint density at radius 1 is 0.808 bits per heavy atom. The molecule has 0 fully saturated rings. The number of pyridine rings is 1. The van der Waals surface area contributed by atoms with Gasteiger partial charge in [-0.25, -0.2) is 0 Å². The second kappa shape index (κ2) is 7.40. The van der Waals surface area contributed by atoms with E-state index in [-0.39, 0.29) is 5.91 Å². The van der Waals surface area contributed by atoms with Gasteiger partial charge >= 0.3 is 0 Å². The number of rotatable bonds is 4. The van der Waals surface area contributed by atoms with E-state index in [9.17, 15) is 4.79 Å². The van der Waals surface area contributed by atoms with Gasteiger partial charge in [0.05, 0.1) is 17.4 Å². The molecule has 3 rings (SSSR count). The maximum Gasteiger partial charge on any atom is 0.257 e. The van der Waals surface area contributed by atoms with Gasteiger partial charge in [0.15, 0.2) is 0 Å². The molecule has 4 heteroatoms. The molecule has 0 bridgehead atoms. The SMILES string of the molecule is Cc1ccc(C)c(NC(=O)c2cncc(Nc3cc(C)ccc3C)c2)c1. The molecule has 0 aliphatic rings. The molecule has 0 aliphatic heterocycles. The van der Waals surface area contributed by atoms with Crippen molar-refractivity contribution in [1.29, 1.82) is 0 Å². The number of carbonyl (C=O) groups is 1. The van der Waals surface area contributed by atoms with Crippen molar-refractivity contribution in [1.82, 2.24) is 4.98 Å². The monoisotopic (exact) mass is 345 g/mol. The lowest BCUT2D eigenvalue weighted by molar-refractivity contribution is 0.102. The molecule has 0 saturated carbocycles. The van der Waals surface area contributed by atoms with E-state index in [0.717, 1.165) is 33.8 Å². The van der Waals surface area contributed by atoms with Crippen LogP contribution in [0.2, 0.25) is 0 Å². The average Bonchev–Trinajstić information content (AvgIpc) is 2.61. The lowest BCUT2D eigenvalue weighted by Crippen LogP contribution is -2.13. The lowest BCUT2D eigenvalue weighted by atomic mass is 10.1. The first-order valence-electron chi connectivity index (χ1n) is 8.60. The van der Waals surface area contributed by atoms with Crippen molar-refractivity contribution < 1.29 is 4.79 Å². The number of nitrogens with zero attached hydrogens (tertiary/aromatic N) is 1. The van der Waals surface area contributed by atoms with Crippen LogP contribution in [0.15, 0.2) is 54.9 Å². The minimum absolute atomic E-state index is 0.171. The van der Waals surface area contributed by atoms with Gasteiger partial charge < -0.3 is 10.6 Å². The summed E-state index contributed by atoms with van der Waals surface area (Å²) in [5.74, 6) is -0.171. The van der Waals surface area contributed by atoms with Gasteiger partial charge in [0.2, 0.25) is 0 Å². The first kappa shape index (κ1) is 17.7. The van der Waals surface area contributed by atoms with Crippen LogP contribution in [0.1, 0.15) is 32.6 Å². The number of nitrogens with one attached hydrogen (secondary N) is 2. The zero-order chi connectivity index (χ0) is 18.7. The fraction of sp³-hybridized carbons (Fsp3) is 0.182. The first-order valence-corrected chi connectivity index (χ1v) is 8.60. The largest absolute Gasteiger partial charge is 0.354 e. The second-order valence-corrected chi connectivity index (χ2v) is 6.68. The molecule has 4 nitrogen and oxygen atoms in total. The molecule has 0 spiro atoms. The van der Waals surface area contributed by atoms with Crippen LogP contribution in [-0.4, -0.2) is 10.9 Å². The predicted molar refractivity (Wildman–Crippen MR) is 107 cm³/mol. The molecular formula is C22H23N3O. The molecule has 1 amide bonds. The molecule has 2 aromatic carbocycles. The number of anilines is 3. The molecule has 1 heterocycles. The number of benzene rings is 2. The zero-order valence-corrected chi connectivity index (χ0v) is 15.6. The lowest BCUT2D eigenvalue weighted by Gasteiger charge is -2.12. The van der Waals surface area contributed by atoms with Crippen LogP contribution < -0.4 is 10.6 Å². The van der Waals surface area contributed by atoms with Gasteiger partial charge in [-0.05, 0) is 68.1 Å². The Morgan fingerprint density at radius 2 is 1.42 bits per heavy atom. The number of aryl methyl sites for hydroxylation is 4. The molecule has 0 radical (unpaired) electrons. The van der Waals surface area contributed by atoms with Crippen LogP contribution in [0.4, 0.5) is 17.1 Å². The number of aromatic nitrogens is 1. The average molecular weight is 345 g/mol. The molecule has 2 N–H and O–H groups in total. The first-order chi connectivity index (χ1) is 12.4. The third-order valence-electron chi connectivity index (χ3n) is 4.31. The van der Waals surface area contributed by atoms with E-state index in [1.807, 2.05) is 45.0 Å². The summed E-state index contributed by atoms with van der Waals surface area (Å²) in [6.07, 6.45) is 3.30. The van der Waals surface area contributed by atoms with E-state index >= 15 is 0 Å². The molecule has 132 valence electrons. The van der Waals surface area contributed by atoms with Crippen molar-refractivity contribution in [2.75, 3.05) is 10.6 Å². The number of amides is 1. The summed E-state index contributed by atoms with van der Waals surface area (Å²) in [5.41, 5.74) is 7.59. The third-order valence-corrected chi connectivity index (χ3v) is 4.31. The van der Waals surface area contributed by atoms with Crippen LogP contribution >= 0.6 is 0 Å². The highest BCUT2D eigenvalue weighted by Gasteiger charge is 2.10. The van der Waals surface area contributed by atoms with Crippen molar-refractivity contribution >= 4 is 23.0 Å². The summed E-state index contributed by atoms with van der Waals surface area (Å²) in [6.45, 7) is 8.08. The Hall–Kier alpha value is -3.14. The van der Waals surface area contributed by atoms with Crippen molar-refractivity contribution in [3.8, 4) is 0 Å². The molecule has 0 atom stereocenters. The maximum absolute atomic E-state index is 12.6. The molecular weight excluding hydrogens is 322 g/mol. The van der Waals surface area contributed by atoms with Crippen LogP contribution in [-0.2, 0) is 0 Å². The summed E-state index contributed by atoms with van der Waals surface area (Å²) >= 11 is 0. The highest BCUT2D eigenvalue weighted by molar-refractivity contribution is 6.05.